The van der Waals surface area contributed by atoms with Gasteiger partial charge in [0, 0.05) is 0 Å². The molecule has 0 aliphatic carbocycles. The Morgan fingerprint density at radius 2 is 2.50 bits per heavy atom. The summed E-state index contributed by atoms with van der Waals surface area (Å²) in [4.78, 5) is 10.1. The summed E-state index contributed by atoms with van der Waals surface area (Å²) in [5.41, 5.74) is 0. The predicted octanol–water partition coefficient (Wildman–Crippen LogP) is 0.787. The van der Waals surface area contributed by atoms with Crippen molar-refractivity contribution in [2.24, 2.45) is 0 Å². The Morgan fingerprint density at radius 1 is 2.00 bits per heavy atom. The lowest BCUT2D eigenvalue weighted by Gasteiger charge is -2.01. The van der Waals surface area contributed by atoms with Gasteiger partial charge in [-0.15, -0.1) is 0 Å². The third kappa shape index (κ3) is 2.35. The van der Waals surface area contributed by atoms with Gasteiger partial charge in [0.1, 0.15) is 4.83 Å². The van der Waals surface area contributed by atoms with Crippen LogP contribution in [0.15, 0.2) is 0 Å². The Labute approximate surface area is 58.2 Å². The first-order valence-corrected chi connectivity index (χ1v) is 3.18. The molecule has 0 aliphatic rings. The molecule has 0 amide bonds. The molecule has 2 nitrogen and oxygen atoms in total. The molecule has 0 fully saturated rings. The normalized spacial score (nSPS) is 12.8. The lowest BCUT2D eigenvalue weighted by Crippen LogP contribution is -2.14. The molecule has 0 heterocycles. The fourth-order valence-corrected chi connectivity index (χ4v) is 0.348. The molecule has 0 rings (SSSR count). The van der Waals surface area contributed by atoms with E-state index in [-0.39, 0.29) is 4.83 Å². The minimum Gasteiger partial charge on any atom is -0.543 e. The molecule has 0 bridgehead atoms. The molecule has 2 radical (unpaired) electrons. The second kappa shape index (κ2) is 3.95. The molecule has 0 saturated heterocycles. The first-order valence-electron chi connectivity index (χ1n) is 2.27. The molecule has 1 atom stereocenters. The van der Waals surface area contributed by atoms with Gasteiger partial charge in [0.2, 0.25) is 0 Å². The van der Waals surface area contributed by atoms with Crippen molar-refractivity contribution in [2.45, 2.75) is 18.2 Å². The van der Waals surface area contributed by atoms with Gasteiger partial charge in [-0.3, -0.25) is 4.79 Å². The zero-order valence-corrected chi connectivity index (χ0v) is 6.14. The van der Waals surface area contributed by atoms with E-state index in [2.05, 4.69) is 28.6 Å². The van der Waals surface area contributed by atoms with Crippen molar-refractivity contribution in [3.63, 3.8) is 0 Å². The number of rotatable bonds is 2. The van der Waals surface area contributed by atoms with Crippen LogP contribution in [0.2, 0.25) is 0 Å². The standard InChI is InChI=1S/C4H6BBrO2/c1-2-3(6)4(7)8-5/h3H,2H2,1H3. The third-order valence-corrected chi connectivity index (χ3v) is 1.75. The Morgan fingerprint density at radius 3 is 2.62 bits per heavy atom. The first-order chi connectivity index (χ1) is 3.72. The molecule has 0 N–H and O–H groups in total. The average molecular weight is 177 g/mol. The van der Waals surface area contributed by atoms with E-state index in [0.29, 0.717) is 6.42 Å². The molecular weight excluding hydrogens is 171 g/mol. The highest BCUT2D eigenvalue weighted by Gasteiger charge is 2.09. The van der Waals surface area contributed by atoms with Crippen LogP contribution in [-0.4, -0.2) is 18.8 Å². The number of hydrogen-bond donors (Lipinski definition) is 0. The second-order valence-corrected chi connectivity index (χ2v) is 2.42. The topological polar surface area (TPSA) is 26.3 Å². The summed E-state index contributed by atoms with van der Waals surface area (Å²) in [6, 6.07) is 0. The molecule has 0 aromatic carbocycles. The summed E-state index contributed by atoms with van der Waals surface area (Å²) in [5.74, 6) is -0.424. The summed E-state index contributed by atoms with van der Waals surface area (Å²) in [6.07, 6.45) is 0.691. The Kier molecular flexibility index (Phi) is 3.96. The molecule has 1 unspecified atom stereocenters. The van der Waals surface area contributed by atoms with Crippen LogP contribution in [0.4, 0.5) is 0 Å². The quantitative estimate of drug-likeness (QED) is 0.460. The largest absolute Gasteiger partial charge is 0.543 e. The molecule has 0 aromatic heterocycles. The van der Waals surface area contributed by atoms with Crippen molar-refractivity contribution in [3.05, 3.63) is 0 Å². The SMILES string of the molecule is [B]OC(=O)C(Br)CC. The van der Waals surface area contributed by atoms with Crippen molar-refractivity contribution in [1.29, 1.82) is 0 Å². The maximum Gasteiger partial charge on any atom is 0.378 e. The summed E-state index contributed by atoms with van der Waals surface area (Å²) in [6.45, 7) is 1.86. The van der Waals surface area contributed by atoms with Crippen LogP contribution in [0.5, 0.6) is 0 Å². The number of alkyl halides is 1. The zero-order valence-electron chi connectivity index (χ0n) is 4.56. The zero-order chi connectivity index (χ0) is 6.57. The molecule has 0 spiro atoms. The number of halogens is 1. The second-order valence-electron chi connectivity index (χ2n) is 1.31. The van der Waals surface area contributed by atoms with E-state index in [9.17, 15) is 4.79 Å². The maximum absolute atomic E-state index is 10.3. The summed E-state index contributed by atoms with van der Waals surface area (Å²) >= 11 is 3.05. The van der Waals surface area contributed by atoms with Gasteiger partial charge < -0.3 is 4.65 Å². The fourth-order valence-electron chi connectivity index (χ4n) is 0.240. The van der Waals surface area contributed by atoms with Crippen molar-refractivity contribution in [3.8, 4) is 0 Å². The van der Waals surface area contributed by atoms with Crippen molar-refractivity contribution < 1.29 is 9.45 Å². The van der Waals surface area contributed by atoms with Crippen LogP contribution in [0, 0.1) is 0 Å². The molecule has 44 valence electrons. The minimum absolute atomic E-state index is 0.257. The molecule has 4 heteroatoms. The fraction of sp³-hybridized carbons (Fsp3) is 0.750. The molecule has 8 heavy (non-hydrogen) atoms. The highest BCUT2D eigenvalue weighted by molar-refractivity contribution is 9.10. The van der Waals surface area contributed by atoms with E-state index in [1.54, 1.807) is 0 Å². The number of carbonyl (C=O) groups is 1. The van der Waals surface area contributed by atoms with E-state index in [4.69, 9.17) is 0 Å². The first kappa shape index (κ1) is 8.01. The lowest BCUT2D eigenvalue weighted by molar-refractivity contribution is -0.133. The monoisotopic (exact) mass is 176 g/mol. The Hall–Kier alpha value is 0.0149. The molecule has 0 aliphatic heterocycles. The third-order valence-electron chi connectivity index (χ3n) is 0.730. The summed E-state index contributed by atoms with van der Waals surface area (Å²) in [7, 11) is 4.57. The van der Waals surface area contributed by atoms with Crippen LogP contribution >= 0.6 is 15.9 Å². The van der Waals surface area contributed by atoms with E-state index >= 15 is 0 Å². The Balaban J connectivity index is 3.46. The van der Waals surface area contributed by atoms with Crippen LogP contribution in [0.1, 0.15) is 13.3 Å². The van der Waals surface area contributed by atoms with Gasteiger partial charge in [0.25, 0.3) is 0 Å². The summed E-state index contributed by atoms with van der Waals surface area (Å²) in [5, 5.41) is 0. The highest BCUT2D eigenvalue weighted by atomic mass is 79.9. The van der Waals surface area contributed by atoms with Crippen molar-refractivity contribution >= 4 is 29.9 Å². The van der Waals surface area contributed by atoms with Crippen molar-refractivity contribution in [2.75, 3.05) is 0 Å². The minimum atomic E-state index is -0.424. The van der Waals surface area contributed by atoms with Crippen LogP contribution in [0.25, 0.3) is 0 Å². The van der Waals surface area contributed by atoms with E-state index in [1.807, 2.05) is 6.92 Å². The predicted molar refractivity (Wildman–Crippen MR) is 34.9 cm³/mol. The van der Waals surface area contributed by atoms with Crippen LogP contribution < -0.4 is 0 Å². The molecule has 0 saturated carbocycles. The highest BCUT2D eigenvalue weighted by Crippen LogP contribution is 2.04. The van der Waals surface area contributed by atoms with E-state index in [0.717, 1.165) is 0 Å². The molecule has 0 aromatic rings. The van der Waals surface area contributed by atoms with Gasteiger partial charge in [-0.25, -0.2) is 0 Å². The van der Waals surface area contributed by atoms with Crippen LogP contribution in [0.3, 0.4) is 0 Å². The molecular formula is C4H6BBrO2. The van der Waals surface area contributed by atoms with Gasteiger partial charge >= 0.3 is 14.0 Å². The Bertz CT molecular complexity index is 86.1. The van der Waals surface area contributed by atoms with Gasteiger partial charge in [-0.2, -0.15) is 0 Å². The summed E-state index contributed by atoms with van der Waals surface area (Å²) < 4.78 is 3.92. The van der Waals surface area contributed by atoms with E-state index in [1.165, 1.54) is 0 Å². The average Bonchev–Trinajstić information content (AvgIpc) is 1.84. The lowest BCUT2D eigenvalue weighted by atomic mass is 10.3. The van der Waals surface area contributed by atoms with Crippen molar-refractivity contribution in [1.82, 2.24) is 0 Å². The number of hydrogen-bond acceptors (Lipinski definition) is 2. The number of carbonyl (C=O) groups excluding carboxylic acids is 1. The smallest absolute Gasteiger partial charge is 0.378 e. The maximum atomic E-state index is 10.3. The van der Waals surface area contributed by atoms with Gasteiger partial charge in [-0.1, -0.05) is 22.9 Å². The van der Waals surface area contributed by atoms with Gasteiger partial charge in [0.15, 0.2) is 0 Å². The van der Waals surface area contributed by atoms with Gasteiger partial charge in [0.05, 0.1) is 0 Å². The van der Waals surface area contributed by atoms with E-state index < -0.39 is 5.97 Å². The van der Waals surface area contributed by atoms with Crippen LogP contribution in [-0.2, 0) is 9.45 Å². The van der Waals surface area contributed by atoms with Gasteiger partial charge in [-0.05, 0) is 6.42 Å².